The predicted octanol–water partition coefficient (Wildman–Crippen LogP) is 3.85. The van der Waals surface area contributed by atoms with Gasteiger partial charge >= 0.3 is 0 Å². The fraction of sp³-hybridized carbons (Fsp3) is 0.455. The minimum atomic E-state index is -0.278. The maximum atomic E-state index is 12.9. The average molecular weight is 427 g/mol. The van der Waals surface area contributed by atoms with E-state index < -0.39 is 0 Å². The fourth-order valence-electron chi connectivity index (χ4n) is 4.36. The summed E-state index contributed by atoms with van der Waals surface area (Å²) in [4.78, 5) is 21.5. The highest BCUT2D eigenvalue weighted by Gasteiger charge is 2.34. The van der Waals surface area contributed by atoms with E-state index >= 15 is 0 Å². The Labute approximate surface area is 179 Å². The van der Waals surface area contributed by atoms with Crippen molar-refractivity contribution in [2.24, 2.45) is 0 Å². The van der Waals surface area contributed by atoms with Gasteiger partial charge in [0, 0.05) is 30.5 Å². The van der Waals surface area contributed by atoms with Crippen LogP contribution < -0.4 is 16.0 Å². The molecule has 3 aromatic heterocycles. The van der Waals surface area contributed by atoms with E-state index in [9.17, 15) is 4.79 Å². The molecule has 5 rings (SSSR count). The summed E-state index contributed by atoms with van der Waals surface area (Å²) in [6.45, 7) is 7.04. The van der Waals surface area contributed by atoms with Crippen LogP contribution in [0.1, 0.15) is 53.2 Å². The smallest absolute Gasteiger partial charge is 0.263 e. The molecule has 0 spiro atoms. The van der Waals surface area contributed by atoms with Crippen LogP contribution in [0.3, 0.4) is 0 Å². The molecule has 8 heteroatoms. The van der Waals surface area contributed by atoms with E-state index in [1.807, 2.05) is 6.07 Å². The van der Waals surface area contributed by atoms with Crippen molar-refractivity contribution in [1.29, 1.82) is 0 Å². The van der Waals surface area contributed by atoms with Crippen molar-refractivity contribution < 1.29 is 13.9 Å². The number of ether oxygens (including phenoxy) is 1. The zero-order valence-electron chi connectivity index (χ0n) is 17.3. The van der Waals surface area contributed by atoms with E-state index in [0.29, 0.717) is 29.5 Å². The van der Waals surface area contributed by atoms with Crippen molar-refractivity contribution in [2.75, 3.05) is 23.7 Å². The summed E-state index contributed by atoms with van der Waals surface area (Å²) in [5.74, 6) is 1.50. The number of thiophene rings is 1. The van der Waals surface area contributed by atoms with Crippen LogP contribution in [0.4, 0.5) is 11.5 Å². The van der Waals surface area contributed by atoms with Gasteiger partial charge in [-0.2, -0.15) is 0 Å². The van der Waals surface area contributed by atoms with E-state index in [4.69, 9.17) is 19.9 Å². The lowest BCUT2D eigenvalue weighted by Gasteiger charge is -2.34. The molecule has 0 bridgehead atoms. The number of anilines is 2. The number of rotatable bonds is 4. The van der Waals surface area contributed by atoms with E-state index in [0.717, 1.165) is 41.1 Å². The van der Waals surface area contributed by atoms with E-state index in [1.165, 1.54) is 29.7 Å². The number of aromatic nitrogens is 1. The minimum Gasteiger partial charge on any atom is -0.467 e. The number of nitrogens with one attached hydrogen (secondary N) is 1. The summed E-state index contributed by atoms with van der Waals surface area (Å²) in [5, 5.41) is 3.82. The van der Waals surface area contributed by atoms with E-state index in [1.54, 1.807) is 12.3 Å². The van der Waals surface area contributed by atoms with Gasteiger partial charge in [-0.25, -0.2) is 4.98 Å². The molecule has 1 fully saturated rings. The Kier molecular flexibility index (Phi) is 4.71. The molecule has 2 aliphatic rings. The van der Waals surface area contributed by atoms with Gasteiger partial charge in [0.05, 0.1) is 30.7 Å². The van der Waals surface area contributed by atoms with Crippen LogP contribution in [0.25, 0.3) is 10.2 Å². The molecule has 1 amide bonds. The molecule has 0 saturated carbocycles. The van der Waals surface area contributed by atoms with Crippen molar-refractivity contribution in [3.05, 3.63) is 40.2 Å². The van der Waals surface area contributed by atoms with Crippen LogP contribution in [-0.2, 0) is 24.3 Å². The molecule has 3 aromatic rings. The summed E-state index contributed by atoms with van der Waals surface area (Å²) in [5.41, 5.74) is 9.07. The number of furan rings is 1. The Morgan fingerprint density at radius 1 is 1.33 bits per heavy atom. The molecule has 0 aromatic carbocycles. The molecule has 0 atom stereocenters. The highest BCUT2D eigenvalue weighted by atomic mass is 32.1. The van der Waals surface area contributed by atoms with Crippen LogP contribution in [0, 0.1) is 0 Å². The summed E-state index contributed by atoms with van der Waals surface area (Å²) < 4.78 is 11.4. The van der Waals surface area contributed by atoms with Crippen molar-refractivity contribution >= 4 is 39.0 Å². The van der Waals surface area contributed by atoms with E-state index in [2.05, 4.69) is 24.1 Å². The third-order valence-corrected chi connectivity index (χ3v) is 6.99. The number of pyridine rings is 1. The third kappa shape index (κ3) is 3.33. The number of hydrogen-bond acceptors (Lipinski definition) is 7. The number of nitrogens with two attached hydrogens (primary N) is 1. The molecule has 158 valence electrons. The van der Waals surface area contributed by atoms with Gasteiger partial charge in [0.25, 0.3) is 5.91 Å². The molecule has 0 aliphatic carbocycles. The van der Waals surface area contributed by atoms with Crippen LogP contribution >= 0.6 is 11.3 Å². The fourth-order valence-corrected chi connectivity index (χ4v) is 5.40. The second-order valence-corrected chi connectivity index (χ2v) is 9.60. The lowest BCUT2D eigenvalue weighted by Crippen LogP contribution is -2.34. The first-order chi connectivity index (χ1) is 14.4. The normalized spacial score (nSPS) is 18.0. The molecule has 0 unspecified atom stereocenters. The lowest BCUT2D eigenvalue weighted by molar-refractivity contribution is -0.0395. The molecule has 0 radical (unpaired) electrons. The standard InChI is InChI=1S/C22H26N4O3S/c1-22(2)10-14-15(12-29-22)19(26-7-3-4-8-26)25-21-16(14)17(23)18(30-21)20(27)24-11-13-6-5-9-28-13/h5-6,9H,3-4,7-8,10-12,23H2,1-2H3,(H,24,27). The van der Waals surface area contributed by atoms with Crippen molar-refractivity contribution in [3.8, 4) is 0 Å². The molecule has 2 aliphatic heterocycles. The van der Waals surface area contributed by atoms with Crippen molar-refractivity contribution in [1.82, 2.24) is 10.3 Å². The second kappa shape index (κ2) is 7.28. The Hall–Kier alpha value is -2.58. The first-order valence-corrected chi connectivity index (χ1v) is 11.2. The predicted molar refractivity (Wildman–Crippen MR) is 118 cm³/mol. The quantitative estimate of drug-likeness (QED) is 0.658. The number of amides is 1. The maximum Gasteiger partial charge on any atom is 0.263 e. The molecule has 30 heavy (non-hydrogen) atoms. The number of hydrogen-bond donors (Lipinski definition) is 2. The SMILES string of the molecule is CC1(C)Cc2c(c(N3CCCC3)nc3sc(C(=O)NCc4ccco4)c(N)c23)CO1. The largest absolute Gasteiger partial charge is 0.467 e. The topological polar surface area (TPSA) is 93.6 Å². The van der Waals surface area contributed by atoms with Crippen molar-refractivity contribution in [2.45, 2.75) is 51.9 Å². The monoisotopic (exact) mass is 426 g/mol. The van der Waals surface area contributed by atoms with E-state index in [-0.39, 0.29) is 11.5 Å². The van der Waals surface area contributed by atoms with Gasteiger partial charge in [-0.15, -0.1) is 11.3 Å². The number of carbonyl (C=O) groups is 1. The van der Waals surface area contributed by atoms with Gasteiger partial charge in [-0.3, -0.25) is 4.79 Å². The Morgan fingerprint density at radius 2 is 2.13 bits per heavy atom. The Balaban J connectivity index is 1.58. The summed E-state index contributed by atoms with van der Waals surface area (Å²) >= 11 is 1.37. The maximum absolute atomic E-state index is 12.9. The molecule has 1 saturated heterocycles. The Morgan fingerprint density at radius 3 is 2.87 bits per heavy atom. The number of carbonyl (C=O) groups excluding carboxylic acids is 1. The average Bonchev–Trinajstić information content (AvgIpc) is 3.46. The van der Waals surface area contributed by atoms with Crippen LogP contribution in [0.2, 0.25) is 0 Å². The summed E-state index contributed by atoms with van der Waals surface area (Å²) in [7, 11) is 0. The minimum absolute atomic E-state index is 0.199. The number of nitrogen functional groups attached to an aromatic ring is 1. The van der Waals surface area contributed by atoms with Crippen LogP contribution in [0.15, 0.2) is 22.8 Å². The first kappa shape index (κ1) is 19.4. The highest BCUT2D eigenvalue weighted by Crippen LogP contribution is 2.43. The zero-order chi connectivity index (χ0) is 20.9. The molecular weight excluding hydrogens is 400 g/mol. The Bertz CT molecular complexity index is 1100. The highest BCUT2D eigenvalue weighted by molar-refractivity contribution is 7.21. The molecule has 5 heterocycles. The van der Waals surface area contributed by atoms with Crippen LogP contribution in [0.5, 0.6) is 0 Å². The zero-order valence-corrected chi connectivity index (χ0v) is 18.1. The van der Waals surface area contributed by atoms with Gasteiger partial charge in [0.1, 0.15) is 21.3 Å². The summed E-state index contributed by atoms with van der Waals surface area (Å²) in [6, 6.07) is 3.63. The summed E-state index contributed by atoms with van der Waals surface area (Å²) in [6.07, 6.45) is 4.69. The first-order valence-electron chi connectivity index (χ1n) is 10.4. The van der Waals surface area contributed by atoms with Crippen molar-refractivity contribution in [3.63, 3.8) is 0 Å². The van der Waals surface area contributed by atoms with Gasteiger partial charge in [0.2, 0.25) is 0 Å². The number of fused-ring (bicyclic) bond motifs is 3. The molecular formula is C22H26N4O3S. The third-order valence-electron chi connectivity index (χ3n) is 5.89. The molecule has 7 nitrogen and oxygen atoms in total. The van der Waals surface area contributed by atoms with Gasteiger partial charge in [0.15, 0.2) is 0 Å². The molecule has 3 N–H and O–H groups in total. The van der Waals surface area contributed by atoms with Gasteiger partial charge in [-0.05, 0) is 44.4 Å². The second-order valence-electron chi connectivity index (χ2n) is 8.60. The van der Waals surface area contributed by atoms with Crippen LogP contribution in [-0.4, -0.2) is 29.6 Å². The van der Waals surface area contributed by atoms with Gasteiger partial charge in [-0.1, -0.05) is 0 Å². The number of nitrogens with zero attached hydrogens (tertiary/aromatic N) is 2. The van der Waals surface area contributed by atoms with Gasteiger partial charge < -0.3 is 25.1 Å². The lowest BCUT2D eigenvalue weighted by atomic mass is 9.90.